The van der Waals surface area contributed by atoms with Gasteiger partial charge >= 0.3 is 0 Å². The summed E-state index contributed by atoms with van der Waals surface area (Å²) in [6, 6.07) is 4.57. The van der Waals surface area contributed by atoms with Crippen LogP contribution < -0.4 is 5.32 Å². The minimum atomic E-state index is 0.163. The molecule has 1 aromatic carbocycles. The molecule has 0 saturated carbocycles. The van der Waals surface area contributed by atoms with E-state index in [2.05, 4.69) is 72.0 Å². The first-order chi connectivity index (χ1) is 10.9. The van der Waals surface area contributed by atoms with Gasteiger partial charge in [0.1, 0.15) is 11.8 Å². The fourth-order valence-corrected chi connectivity index (χ4v) is 2.78. The lowest BCUT2D eigenvalue weighted by Gasteiger charge is -2.22. The summed E-state index contributed by atoms with van der Waals surface area (Å²) in [6.45, 7) is 11.8. The van der Waals surface area contributed by atoms with E-state index >= 15 is 0 Å². The summed E-state index contributed by atoms with van der Waals surface area (Å²) in [5.74, 6) is 0.784. The number of anilines is 1. The molecular formula is C18H23N5. The summed E-state index contributed by atoms with van der Waals surface area (Å²) in [7, 11) is 0. The zero-order chi connectivity index (χ0) is 16.6. The largest absolute Gasteiger partial charge is 0.364 e. The fraction of sp³-hybridized carbons (Fsp3) is 0.389. The Morgan fingerprint density at radius 2 is 1.74 bits per heavy atom. The van der Waals surface area contributed by atoms with Crippen molar-refractivity contribution in [2.75, 3.05) is 5.32 Å². The summed E-state index contributed by atoms with van der Waals surface area (Å²) < 4.78 is 0. The van der Waals surface area contributed by atoms with Gasteiger partial charge in [-0.25, -0.2) is 15.0 Å². The minimum absolute atomic E-state index is 0.163. The third-order valence-corrected chi connectivity index (χ3v) is 4.22. The second kappa shape index (κ2) is 5.65. The number of aryl methyl sites for hydroxylation is 2. The molecule has 5 heteroatoms. The SMILES string of the molecule is Cc1cc(C(C)(C)C)cc(C)c1CNc1ncnc2nc[nH]c12. The maximum atomic E-state index is 4.32. The molecule has 5 nitrogen and oxygen atoms in total. The quantitative estimate of drug-likeness (QED) is 0.770. The second-order valence-corrected chi connectivity index (χ2v) is 7.02. The van der Waals surface area contributed by atoms with Gasteiger partial charge in [-0.15, -0.1) is 0 Å². The highest BCUT2D eigenvalue weighted by Crippen LogP contribution is 2.27. The van der Waals surface area contributed by atoms with Gasteiger partial charge in [-0.3, -0.25) is 0 Å². The van der Waals surface area contributed by atoms with Crippen molar-refractivity contribution >= 4 is 17.0 Å². The Morgan fingerprint density at radius 3 is 2.39 bits per heavy atom. The molecule has 23 heavy (non-hydrogen) atoms. The number of fused-ring (bicyclic) bond motifs is 1. The highest BCUT2D eigenvalue weighted by Gasteiger charge is 2.16. The summed E-state index contributed by atoms with van der Waals surface area (Å²) in [5, 5.41) is 3.41. The third kappa shape index (κ3) is 3.04. The van der Waals surface area contributed by atoms with Gasteiger partial charge in [0.05, 0.1) is 6.33 Å². The lowest BCUT2D eigenvalue weighted by molar-refractivity contribution is 0.588. The van der Waals surface area contributed by atoms with Gasteiger partial charge in [-0.1, -0.05) is 32.9 Å². The number of benzene rings is 1. The Bertz CT molecular complexity index is 819. The molecule has 0 aliphatic heterocycles. The lowest BCUT2D eigenvalue weighted by atomic mass is 9.84. The molecule has 3 aromatic rings. The van der Waals surface area contributed by atoms with Crippen LogP contribution >= 0.6 is 0 Å². The van der Waals surface area contributed by atoms with Gasteiger partial charge in [-0.05, 0) is 41.5 Å². The van der Waals surface area contributed by atoms with E-state index in [-0.39, 0.29) is 5.41 Å². The number of imidazole rings is 1. The molecule has 0 spiro atoms. The van der Waals surface area contributed by atoms with Crippen LogP contribution in [0.5, 0.6) is 0 Å². The van der Waals surface area contributed by atoms with Crippen LogP contribution in [-0.2, 0) is 12.0 Å². The van der Waals surface area contributed by atoms with Crippen molar-refractivity contribution in [1.82, 2.24) is 19.9 Å². The fourth-order valence-electron chi connectivity index (χ4n) is 2.78. The molecule has 2 N–H and O–H groups in total. The van der Waals surface area contributed by atoms with Gasteiger partial charge in [-0.2, -0.15) is 0 Å². The molecule has 2 heterocycles. The molecule has 0 unspecified atom stereocenters. The molecule has 0 saturated heterocycles. The van der Waals surface area contributed by atoms with Gasteiger partial charge in [0, 0.05) is 6.54 Å². The maximum absolute atomic E-state index is 4.32. The molecule has 0 bridgehead atoms. The van der Waals surface area contributed by atoms with E-state index in [9.17, 15) is 0 Å². The van der Waals surface area contributed by atoms with Crippen LogP contribution in [-0.4, -0.2) is 19.9 Å². The molecule has 0 fully saturated rings. The van der Waals surface area contributed by atoms with Crippen LogP contribution in [0.2, 0.25) is 0 Å². The number of nitrogens with one attached hydrogen (secondary N) is 2. The van der Waals surface area contributed by atoms with Crippen molar-refractivity contribution in [3.8, 4) is 0 Å². The van der Waals surface area contributed by atoms with E-state index < -0.39 is 0 Å². The van der Waals surface area contributed by atoms with Crippen molar-refractivity contribution in [2.45, 2.75) is 46.6 Å². The van der Waals surface area contributed by atoms with E-state index in [0.717, 1.165) is 17.9 Å². The van der Waals surface area contributed by atoms with Crippen LogP contribution in [0.1, 0.15) is 43.0 Å². The smallest absolute Gasteiger partial charge is 0.182 e. The highest BCUT2D eigenvalue weighted by molar-refractivity contribution is 5.81. The Labute approximate surface area is 136 Å². The van der Waals surface area contributed by atoms with Crippen LogP contribution in [0.25, 0.3) is 11.2 Å². The first kappa shape index (κ1) is 15.5. The first-order valence-electron chi connectivity index (χ1n) is 7.85. The van der Waals surface area contributed by atoms with Gasteiger partial charge in [0.2, 0.25) is 0 Å². The zero-order valence-corrected chi connectivity index (χ0v) is 14.4. The van der Waals surface area contributed by atoms with E-state index in [0.29, 0.717) is 5.65 Å². The van der Waals surface area contributed by atoms with Crippen molar-refractivity contribution in [2.24, 2.45) is 0 Å². The Kier molecular flexibility index (Phi) is 3.80. The van der Waals surface area contributed by atoms with Crippen LogP contribution in [0, 0.1) is 13.8 Å². The van der Waals surface area contributed by atoms with Crippen molar-refractivity contribution in [1.29, 1.82) is 0 Å². The van der Waals surface area contributed by atoms with Crippen LogP contribution in [0.4, 0.5) is 5.82 Å². The number of nitrogens with zero attached hydrogens (tertiary/aromatic N) is 3. The molecule has 0 amide bonds. The Hall–Kier alpha value is -2.43. The topological polar surface area (TPSA) is 66.5 Å². The number of hydrogen-bond acceptors (Lipinski definition) is 4. The number of H-pyrrole nitrogens is 1. The van der Waals surface area contributed by atoms with Gasteiger partial charge in [0.15, 0.2) is 11.5 Å². The second-order valence-electron chi connectivity index (χ2n) is 7.02. The number of aromatic amines is 1. The monoisotopic (exact) mass is 309 g/mol. The number of rotatable bonds is 3. The molecule has 3 rings (SSSR count). The number of aromatic nitrogens is 4. The average molecular weight is 309 g/mol. The van der Waals surface area contributed by atoms with Gasteiger partial charge < -0.3 is 10.3 Å². The normalized spacial score (nSPS) is 11.9. The van der Waals surface area contributed by atoms with E-state index in [4.69, 9.17) is 0 Å². The molecule has 0 atom stereocenters. The molecular weight excluding hydrogens is 286 g/mol. The lowest BCUT2D eigenvalue weighted by Crippen LogP contribution is -2.13. The minimum Gasteiger partial charge on any atom is -0.364 e. The standard InChI is InChI=1S/C18H23N5/c1-11-6-13(18(3,4)5)7-12(2)14(11)8-19-16-15-17(21-9-20-15)23-10-22-16/h6-7,9-10H,8H2,1-5H3,(H2,19,20,21,22,23). The molecule has 0 aliphatic carbocycles. The summed E-state index contributed by atoms with van der Waals surface area (Å²) in [5.41, 5.74) is 6.97. The molecule has 2 aromatic heterocycles. The molecule has 0 aliphatic rings. The third-order valence-electron chi connectivity index (χ3n) is 4.22. The van der Waals surface area contributed by atoms with Crippen molar-refractivity contribution < 1.29 is 0 Å². The first-order valence-corrected chi connectivity index (χ1v) is 7.85. The van der Waals surface area contributed by atoms with Gasteiger partial charge in [0.25, 0.3) is 0 Å². The summed E-state index contributed by atoms with van der Waals surface area (Å²) >= 11 is 0. The summed E-state index contributed by atoms with van der Waals surface area (Å²) in [4.78, 5) is 15.7. The van der Waals surface area contributed by atoms with Crippen molar-refractivity contribution in [3.63, 3.8) is 0 Å². The Morgan fingerprint density at radius 1 is 1.04 bits per heavy atom. The van der Waals surface area contributed by atoms with E-state index in [1.807, 2.05) is 0 Å². The highest BCUT2D eigenvalue weighted by atomic mass is 15.1. The van der Waals surface area contributed by atoms with Crippen molar-refractivity contribution in [3.05, 3.63) is 47.0 Å². The van der Waals surface area contributed by atoms with Crippen LogP contribution in [0.15, 0.2) is 24.8 Å². The molecule has 120 valence electrons. The zero-order valence-electron chi connectivity index (χ0n) is 14.4. The Balaban J connectivity index is 1.88. The predicted molar refractivity (Wildman–Crippen MR) is 93.6 cm³/mol. The number of hydrogen-bond donors (Lipinski definition) is 2. The average Bonchev–Trinajstić information content (AvgIpc) is 2.94. The van der Waals surface area contributed by atoms with E-state index in [1.165, 1.54) is 28.6 Å². The summed E-state index contributed by atoms with van der Waals surface area (Å²) in [6.07, 6.45) is 3.17. The van der Waals surface area contributed by atoms with E-state index in [1.54, 1.807) is 6.33 Å². The molecule has 0 radical (unpaired) electrons. The maximum Gasteiger partial charge on any atom is 0.182 e. The van der Waals surface area contributed by atoms with Crippen LogP contribution in [0.3, 0.4) is 0 Å². The predicted octanol–water partition coefficient (Wildman–Crippen LogP) is 3.88.